The first-order chi connectivity index (χ1) is 14.2. The quantitative estimate of drug-likeness (QED) is 0.546. The van der Waals surface area contributed by atoms with Gasteiger partial charge in [-0.15, -0.1) is 0 Å². The summed E-state index contributed by atoms with van der Waals surface area (Å²) in [4.78, 5) is 4.84. The highest BCUT2D eigenvalue weighted by atomic mass is 19.1. The summed E-state index contributed by atoms with van der Waals surface area (Å²) < 4.78 is 19.6. The second kappa shape index (κ2) is 8.95. The lowest BCUT2D eigenvalue weighted by Gasteiger charge is -2.21. The molecule has 4 nitrogen and oxygen atoms in total. The molecule has 1 heterocycles. The van der Waals surface area contributed by atoms with Crippen molar-refractivity contribution in [2.45, 2.75) is 37.7 Å². The number of aliphatic imine (C=N–C) groups is 1. The van der Waals surface area contributed by atoms with Gasteiger partial charge in [-0.05, 0) is 49.4 Å². The Kier molecular flexibility index (Phi) is 6.14. The molecule has 1 saturated carbocycles. The molecule has 2 fully saturated rings. The largest absolute Gasteiger partial charge is 0.373 e. The van der Waals surface area contributed by atoms with Crippen LogP contribution in [0.1, 0.15) is 43.4 Å². The monoisotopic (exact) mass is 395 g/mol. The summed E-state index contributed by atoms with van der Waals surface area (Å²) in [6, 6.07) is 17.4. The van der Waals surface area contributed by atoms with Crippen molar-refractivity contribution in [2.75, 3.05) is 26.2 Å². The number of guanidine groups is 1. The third-order valence-electron chi connectivity index (χ3n) is 6.05. The summed E-state index contributed by atoms with van der Waals surface area (Å²) in [5, 5.41) is 6.86. The Bertz CT molecular complexity index is 835. The molecule has 154 valence electrons. The van der Waals surface area contributed by atoms with Crippen LogP contribution in [0, 0.1) is 11.7 Å². The van der Waals surface area contributed by atoms with Crippen LogP contribution in [0.4, 0.5) is 4.39 Å². The summed E-state index contributed by atoms with van der Waals surface area (Å²) in [6.07, 6.45) is 3.30. The molecule has 2 aromatic carbocycles. The van der Waals surface area contributed by atoms with Crippen LogP contribution in [0.25, 0.3) is 0 Å². The summed E-state index contributed by atoms with van der Waals surface area (Å²) >= 11 is 0. The number of nitrogens with one attached hydrogen (secondary N) is 2. The first-order valence-electron chi connectivity index (χ1n) is 10.6. The van der Waals surface area contributed by atoms with E-state index in [1.807, 2.05) is 12.1 Å². The van der Waals surface area contributed by atoms with E-state index in [1.165, 1.54) is 11.6 Å². The molecule has 1 aliphatic carbocycles. The van der Waals surface area contributed by atoms with Crippen molar-refractivity contribution in [3.8, 4) is 0 Å². The van der Waals surface area contributed by atoms with Crippen molar-refractivity contribution in [3.05, 3.63) is 71.5 Å². The molecule has 0 aromatic heterocycles. The van der Waals surface area contributed by atoms with Crippen LogP contribution >= 0.6 is 0 Å². The SMILES string of the molecule is CCNC(=NCC1(c2cccc(F)c2)CC1)NCC1CCOC1c1ccccc1. The van der Waals surface area contributed by atoms with E-state index < -0.39 is 0 Å². The molecule has 2 atom stereocenters. The Morgan fingerprint density at radius 3 is 2.69 bits per heavy atom. The number of hydrogen-bond acceptors (Lipinski definition) is 2. The molecular weight excluding hydrogens is 365 g/mol. The van der Waals surface area contributed by atoms with Crippen molar-refractivity contribution in [1.82, 2.24) is 10.6 Å². The minimum atomic E-state index is -0.170. The fraction of sp³-hybridized carbons (Fsp3) is 0.458. The number of benzene rings is 2. The van der Waals surface area contributed by atoms with Crippen molar-refractivity contribution in [1.29, 1.82) is 0 Å². The van der Waals surface area contributed by atoms with Gasteiger partial charge in [0.25, 0.3) is 0 Å². The zero-order valence-corrected chi connectivity index (χ0v) is 17.0. The zero-order chi connectivity index (χ0) is 20.1. The van der Waals surface area contributed by atoms with Gasteiger partial charge < -0.3 is 15.4 Å². The lowest BCUT2D eigenvalue weighted by molar-refractivity contribution is 0.0915. The maximum Gasteiger partial charge on any atom is 0.191 e. The normalized spacial score (nSPS) is 23.0. The Balaban J connectivity index is 1.39. The molecule has 4 rings (SSSR count). The first kappa shape index (κ1) is 19.9. The van der Waals surface area contributed by atoms with Gasteiger partial charge in [0.05, 0.1) is 12.6 Å². The molecule has 2 aromatic rings. The minimum absolute atomic E-state index is 0.00645. The number of ether oxygens (including phenoxy) is 1. The Labute approximate surface area is 172 Å². The van der Waals surface area contributed by atoms with Gasteiger partial charge in [0, 0.05) is 31.0 Å². The molecule has 2 aliphatic rings. The molecule has 29 heavy (non-hydrogen) atoms. The highest BCUT2D eigenvalue weighted by Crippen LogP contribution is 2.48. The van der Waals surface area contributed by atoms with Gasteiger partial charge in [-0.1, -0.05) is 42.5 Å². The second-order valence-corrected chi connectivity index (χ2v) is 8.12. The van der Waals surface area contributed by atoms with Gasteiger partial charge in [-0.2, -0.15) is 0 Å². The second-order valence-electron chi connectivity index (χ2n) is 8.12. The lowest BCUT2D eigenvalue weighted by Crippen LogP contribution is -2.40. The molecule has 2 unspecified atom stereocenters. The van der Waals surface area contributed by atoms with Crippen LogP contribution in [0.5, 0.6) is 0 Å². The van der Waals surface area contributed by atoms with Gasteiger partial charge in [0.1, 0.15) is 5.82 Å². The van der Waals surface area contributed by atoms with E-state index in [0.717, 1.165) is 50.5 Å². The predicted molar refractivity (Wildman–Crippen MR) is 115 cm³/mol. The van der Waals surface area contributed by atoms with E-state index in [1.54, 1.807) is 12.1 Å². The molecule has 0 amide bonds. The third kappa shape index (κ3) is 4.78. The van der Waals surface area contributed by atoms with Crippen LogP contribution in [0.3, 0.4) is 0 Å². The molecule has 2 N–H and O–H groups in total. The molecular formula is C24H30FN3O. The zero-order valence-electron chi connectivity index (χ0n) is 17.0. The maximum atomic E-state index is 13.6. The van der Waals surface area contributed by atoms with Crippen molar-refractivity contribution >= 4 is 5.96 Å². The van der Waals surface area contributed by atoms with Crippen molar-refractivity contribution < 1.29 is 9.13 Å². The smallest absolute Gasteiger partial charge is 0.191 e. The van der Waals surface area contributed by atoms with E-state index in [9.17, 15) is 4.39 Å². The Morgan fingerprint density at radius 2 is 1.97 bits per heavy atom. The lowest BCUT2D eigenvalue weighted by atomic mass is 9.95. The number of hydrogen-bond donors (Lipinski definition) is 2. The van der Waals surface area contributed by atoms with E-state index in [2.05, 4.69) is 41.8 Å². The van der Waals surface area contributed by atoms with E-state index >= 15 is 0 Å². The van der Waals surface area contributed by atoms with Crippen LogP contribution in [-0.2, 0) is 10.2 Å². The fourth-order valence-electron chi connectivity index (χ4n) is 4.16. The highest BCUT2D eigenvalue weighted by molar-refractivity contribution is 5.79. The number of halogens is 1. The van der Waals surface area contributed by atoms with Crippen molar-refractivity contribution in [2.24, 2.45) is 10.9 Å². The summed E-state index contributed by atoms with van der Waals surface area (Å²) in [5.74, 6) is 1.07. The average Bonchev–Trinajstić information content (AvgIpc) is 3.40. The molecule has 5 heteroatoms. The maximum absolute atomic E-state index is 13.6. The number of rotatable bonds is 7. The van der Waals surface area contributed by atoms with E-state index in [0.29, 0.717) is 12.5 Å². The van der Waals surface area contributed by atoms with Gasteiger partial charge >= 0.3 is 0 Å². The van der Waals surface area contributed by atoms with E-state index in [4.69, 9.17) is 9.73 Å². The van der Waals surface area contributed by atoms with Crippen LogP contribution in [0.15, 0.2) is 59.6 Å². The van der Waals surface area contributed by atoms with Gasteiger partial charge in [-0.3, -0.25) is 4.99 Å². The first-order valence-corrected chi connectivity index (χ1v) is 10.6. The Morgan fingerprint density at radius 1 is 1.14 bits per heavy atom. The van der Waals surface area contributed by atoms with E-state index in [-0.39, 0.29) is 17.3 Å². The van der Waals surface area contributed by atoms with Gasteiger partial charge in [-0.25, -0.2) is 4.39 Å². The molecule has 0 bridgehead atoms. The predicted octanol–water partition coefficient (Wildman–Crippen LogP) is 4.19. The summed E-state index contributed by atoms with van der Waals surface area (Å²) in [7, 11) is 0. The number of nitrogens with zero attached hydrogens (tertiary/aromatic N) is 1. The fourth-order valence-corrected chi connectivity index (χ4v) is 4.16. The van der Waals surface area contributed by atoms with Gasteiger partial charge in [0.2, 0.25) is 0 Å². The average molecular weight is 396 g/mol. The molecule has 1 aliphatic heterocycles. The highest BCUT2D eigenvalue weighted by Gasteiger charge is 2.44. The summed E-state index contributed by atoms with van der Waals surface area (Å²) in [6.45, 7) is 5.17. The summed E-state index contributed by atoms with van der Waals surface area (Å²) in [5.41, 5.74) is 2.29. The standard InChI is InChI=1S/C24H30FN3O/c1-2-26-23(28-17-24(12-13-24)20-9-6-10-21(25)15-20)27-16-19-11-14-29-22(19)18-7-4-3-5-8-18/h3-10,15,19,22H,2,11-14,16-17H2,1H3,(H2,26,27,28). The van der Waals surface area contributed by atoms with Crippen LogP contribution in [0.2, 0.25) is 0 Å². The van der Waals surface area contributed by atoms with Crippen LogP contribution in [-0.4, -0.2) is 32.2 Å². The molecule has 1 saturated heterocycles. The minimum Gasteiger partial charge on any atom is -0.373 e. The topological polar surface area (TPSA) is 45.7 Å². The van der Waals surface area contributed by atoms with Gasteiger partial charge in [0.15, 0.2) is 5.96 Å². The Hall–Kier alpha value is -2.40. The molecule has 0 spiro atoms. The van der Waals surface area contributed by atoms with Crippen molar-refractivity contribution in [3.63, 3.8) is 0 Å². The van der Waals surface area contributed by atoms with Crippen LogP contribution < -0.4 is 10.6 Å². The molecule has 0 radical (unpaired) electrons. The third-order valence-corrected chi connectivity index (χ3v) is 6.05.